The van der Waals surface area contributed by atoms with E-state index in [0.29, 0.717) is 6.42 Å². The van der Waals surface area contributed by atoms with E-state index in [0.717, 1.165) is 0 Å². The molecule has 1 aromatic heterocycles. The summed E-state index contributed by atoms with van der Waals surface area (Å²) in [6, 6.07) is 1.32. The summed E-state index contributed by atoms with van der Waals surface area (Å²) in [5.74, 6) is -0.828. The Hall–Kier alpha value is -1.69. The van der Waals surface area contributed by atoms with Crippen LogP contribution in [0.2, 0.25) is 0 Å². The minimum atomic E-state index is -1.09. The van der Waals surface area contributed by atoms with Crippen LogP contribution in [0.4, 0.5) is 5.95 Å². The van der Waals surface area contributed by atoms with Gasteiger partial charge in [-0.05, 0) is 19.4 Å². The number of carbonyl (C=O) groups is 1. The van der Waals surface area contributed by atoms with Gasteiger partial charge in [0.15, 0.2) is 5.69 Å². The van der Waals surface area contributed by atoms with Crippen LogP contribution in [-0.4, -0.2) is 38.8 Å². The number of aliphatic hydroxyl groups excluding tert-OH is 1. The van der Waals surface area contributed by atoms with Crippen molar-refractivity contribution in [2.24, 2.45) is 0 Å². The van der Waals surface area contributed by atoms with Crippen molar-refractivity contribution in [3.63, 3.8) is 0 Å². The Morgan fingerprint density at radius 1 is 1.67 bits per heavy atom. The zero-order valence-corrected chi connectivity index (χ0v) is 8.34. The van der Waals surface area contributed by atoms with Gasteiger partial charge in [0.05, 0.1) is 0 Å². The van der Waals surface area contributed by atoms with Crippen LogP contribution >= 0.6 is 0 Å². The van der Waals surface area contributed by atoms with Crippen molar-refractivity contribution in [1.82, 2.24) is 9.97 Å². The Labute approximate surface area is 87.0 Å². The van der Waals surface area contributed by atoms with Crippen LogP contribution in [0.1, 0.15) is 23.8 Å². The molecule has 82 valence electrons. The third-order valence-corrected chi connectivity index (χ3v) is 1.81. The van der Waals surface area contributed by atoms with E-state index in [4.69, 9.17) is 10.2 Å². The first-order chi connectivity index (χ1) is 7.13. The summed E-state index contributed by atoms with van der Waals surface area (Å²) in [5, 5.41) is 20.3. The molecule has 6 heteroatoms. The van der Waals surface area contributed by atoms with Crippen LogP contribution in [0.15, 0.2) is 12.3 Å². The molecule has 1 aromatic rings. The van der Waals surface area contributed by atoms with Crippen molar-refractivity contribution in [2.45, 2.75) is 19.4 Å². The lowest BCUT2D eigenvalue weighted by Crippen LogP contribution is -2.19. The second-order valence-corrected chi connectivity index (χ2v) is 3.13. The van der Waals surface area contributed by atoms with Gasteiger partial charge < -0.3 is 15.5 Å². The van der Waals surface area contributed by atoms with Gasteiger partial charge in [-0.25, -0.2) is 14.8 Å². The van der Waals surface area contributed by atoms with E-state index >= 15 is 0 Å². The lowest BCUT2D eigenvalue weighted by Gasteiger charge is -2.11. The van der Waals surface area contributed by atoms with E-state index in [-0.39, 0.29) is 24.3 Å². The number of carboxylic acids is 1. The fourth-order valence-electron chi connectivity index (χ4n) is 1.03. The highest BCUT2D eigenvalue weighted by Gasteiger charge is 2.07. The maximum absolute atomic E-state index is 10.6. The average Bonchev–Trinajstić information content (AvgIpc) is 2.18. The molecule has 0 spiro atoms. The third-order valence-electron chi connectivity index (χ3n) is 1.81. The molecule has 0 aliphatic carbocycles. The van der Waals surface area contributed by atoms with Crippen molar-refractivity contribution < 1.29 is 15.0 Å². The van der Waals surface area contributed by atoms with E-state index in [1.807, 2.05) is 6.92 Å². The number of aliphatic hydroxyl groups is 1. The summed E-state index contributed by atoms with van der Waals surface area (Å²) < 4.78 is 0. The number of aromatic nitrogens is 2. The first kappa shape index (κ1) is 11.4. The number of hydrogen-bond acceptors (Lipinski definition) is 5. The highest BCUT2D eigenvalue weighted by molar-refractivity contribution is 5.85. The molecule has 0 bridgehead atoms. The number of aromatic carboxylic acids is 1. The van der Waals surface area contributed by atoms with Gasteiger partial charge in [0, 0.05) is 18.8 Å². The maximum Gasteiger partial charge on any atom is 0.354 e. The lowest BCUT2D eigenvalue weighted by atomic mass is 10.2. The highest BCUT2D eigenvalue weighted by atomic mass is 16.4. The van der Waals surface area contributed by atoms with Crippen molar-refractivity contribution in [3.05, 3.63) is 18.0 Å². The van der Waals surface area contributed by atoms with Crippen molar-refractivity contribution in [1.29, 1.82) is 0 Å². The van der Waals surface area contributed by atoms with E-state index in [1.54, 1.807) is 0 Å². The molecule has 0 aliphatic heterocycles. The molecular weight excluding hydrogens is 198 g/mol. The fourth-order valence-corrected chi connectivity index (χ4v) is 1.03. The van der Waals surface area contributed by atoms with Gasteiger partial charge in [-0.15, -0.1) is 0 Å². The van der Waals surface area contributed by atoms with Crippen LogP contribution in [0.5, 0.6) is 0 Å². The predicted molar refractivity (Wildman–Crippen MR) is 53.8 cm³/mol. The zero-order valence-electron chi connectivity index (χ0n) is 8.34. The quantitative estimate of drug-likeness (QED) is 0.650. The number of nitrogens with one attached hydrogen (secondary N) is 1. The van der Waals surface area contributed by atoms with E-state index in [1.165, 1.54) is 12.3 Å². The molecule has 0 saturated carbocycles. The first-order valence-corrected chi connectivity index (χ1v) is 4.57. The lowest BCUT2D eigenvalue weighted by molar-refractivity contribution is 0.0690. The van der Waals surface area contributed by atoms with E-state index in [2.05, 4.69) is 15.3 Å². The topological polar surface area (TPSA) is 95.3 Å². The largest absolute Gasteiger partial charge is 0.477 e. The van der Waals surface area contributed by atoms with Crippen LogP contribution in [0, 0.1) is 0 Å². The Kier molecular flexibility index (Phi) is 3.99. The molecular formula is C9H13N3O3. The highest BCUT2D eigenvalue weighted by Crippen LogP contribution is 2.03. The first-order valence-electron chi connectivity index (χ1n) is 4.57. The molecule has 0 aromatic carbocycles. The summed E-state index contributed by atoms with van der Waals surface area (Å²) >= 11 is 0. The monoisotopic (exact) mass is 211 g/mol. The number of hydrogen-bond donors (Lipinski definition) is 3. The molecule has 0 radical (unpaired) electrons. The van der Waals surface area contributed by atoms with Crippen molar-refractivity contribution >= 4 is 11.9 Å². The zero-order chi connectivity index (χ0) is 11.3. The van der Waals surface area contributed by atoms with Gasteiger partial charge in [-0.2, -0.15) is 0 Å². The maximum atomic E-state index is 10.6. The van der Waals surface area contributed by atoms with Crippen molar-refractivity contribution in [3.8, 4) is 0 Å². The van der Waals surface area contributed by atoms with Gasteiger partial charge in [-0.3, -0.25) is 0 Å². The molecule has 15 heavy (non-hydrogen) atoms. The molecule has 3 N–H and O–H groups in total. The molecule has 1 unspecified atom stereocenters. The molecule has 1 rings (SSSR count). The summed E-state index contributed by atoms with van der Waals surface area (Å²) in [7, 11) is 0. The average molecular weight is 211 g/mol. The second-order valence-electron chi connectivity index (χ2n) is 3.13. The summed E-state index contributed by atoms with van der Waals surface area (Å²) in [6.45, 7) is 1.92. The normalized spacial score (nSPS) is 12.1. The molecule has 0 fully saturated rings. The number of carboxylic acid groups (broad SMARTS) is 1. The minimum Gasteiger partial charge on any atom is -0.477 e. The van der Waals surface area contributed by atoms with Gasteiger partial charge >= 0.3 is 5.97 Å². The van der Waals surface area contributed by atoms with Crippen LogP contribution < -0.4 is 5.32 Å². The third kappa shape index (κ3) is 3.51. The number of anilines is 1. The van der Waals surface area contributed by atoms with E-state index in [9.17, 15) is 4.79 Å². The number of nitrogens with zero attached hydrogens (tertiary/aromatic N) is 2. The van der Waals surface area contributed by atoms with Crippen LogP contribution in [0.25, 0.3) is 0 Å². The Morgan fingerprint density at radius 3 is 3.00 bits per heavy atom. The molecule has 0 saturated heterocycles. The van der Waals surface area contributed by atoms with E-state index < -0.39 is 5.97 Å². The standard InChI is InChI=1S/C9H13N3O3/c1-6(3-5-13)11-9-10-4-2-7(12-9)8(14)15/h2,4,6,13H,3,5H2,1H3,(H,14,15)(H,10,11,12). The summed E-state index contributed by atoms with van der Waals surface area (Å²) in [4.78, 5) is 18.3. The van der Waals surface area contributed by atoms with Gasteiger partial charge in [0.2, 0.25) is 5.95 Å². The molecule has 1 atom stereocenters. The van der Waals surface area contributed by atoms with Gasteiger partial charge in [-0.1, -0.05) is 0 Å². The Bertz CT molecular complexity index is 343. The minimum absolute atomic E-state index is 0.000884. The van der Waals surface area contributed by atoms with Crippen LogP contribution in [-0.2, 0) is 0 Å². The fraction of sp³-hybridized carbons (Fsp3) is 0.444. The second kappa shape index (κ2) is 5.26. The smallest absolute Gasteiger partial charge is 0.354 e. The van der Waals surface area contributed by atoms with Gasteiger partial charge in [0.25, 0.3) is 0 Å². The summed E-state index contributed by atoms with van der Waals surface area (Å²) in [5.41, 5.74) is -0.0521. The molecule has 6 nitrogen and oxygen atoms in total. The molecule has 0 aliphatic rings. The Morgan fingerprint density at radius 2 is 2.40 bits per heavy atom. The molecule has 0 amide bonds. The number of rotatable bonds is 5. The SMILES string of the molecule is CC(CCO)Nc1nccc(C(=O)O)n1. The molecule has 1 heterocycles. The predicted octanol–water partition coefficient (Wildman–Crippen LogP) is 0.358. The van der Waals surface area contributed by atoms with Crippen molar-refractivity contribution in [2.75, 3.05) is 11.9 Å². The van der Waals surface area contributed by atoms with Gasteiger partial charge in [0.1, 0.15) is 0 Å². The Balaban J connectivity index is 2.69. The van der Waals surface area contributed by atoms with Crippen LogP contribution in [0.3, 0.4) is 0 Å². The summed E-state index contributed by atoms with van der Waals surface area (Å²) in [6.07, 6.45) is 1.94.